The first-order valence-electron chi connectivity index (χ1n) is 5.93. The molecule has 0 saturated carbocycles. The number of pyridine rings is 1. The molecule has 1 N–H and O–H groups in total. The summed E-state index contributed by atoms with van der Waals surface area (Å²) >= 11 is 0. The molecule has 2 aromatic rings. The summed E-state index contributed by atoms with van der Waals surface area (Å²) in [5.41, 5.74) is 0.816. The molecule has 1 aromatic carbocycles. The molecule has 2 heterocycles. The van der Waals surface area contributed by atoms with Crippen molar-refractivity contribution in [1.29, 1.82) is 0 Å². The lowest BCUT2D eigenvalue weighted by Crippen LogP contribution is -2.24. The third-order valence-corrected chi connectivity index (χ3v) is 2.91. The number of rotatable bonds is 3. The van der Waals surface area contributed by atoms with Crippen LogP contribution in [-0.4, -0.2) is 22.2 Å². The minimum Gasteiger partial charge on any atom is -0.478 e. The van der Waals surface area contributed by atoms with E-state index < -0.39 is 17.9 Å². The van der Waals surface area contributed by atoms with Crippen LogP contribution in [0.5, 0.6) is 17.4 Å². The van der Waals surface area contributed by atoms with E-state index in [9.17, 15) is 9.18 Å². The number of carboxylic acid groups (broad SMARTS) is 1. The highest BCUT2D eigenvalue weighted by molar-refractivity contribution is 5.74. The molecule has 0 amide bonds. The molecule has 0 fully saturated rings. The third-order valence-electron chi connectivity index (χ3n) is 2.91. The first-order valence-corrected chi connectivity index (χ1v) is 5.93. The number of nitrogens with zero attached hydrogens (tertiary/aromatic N) is 1. The molecule has 0 aliphatic carbocycles. The zero-order chi connectivity index (χ0) is 14.1. The maximum absolute atomic E-state index is 12.7. The predicted octanol–water partition coefficient (Wildman–Crippen LogP) is 2.40. The summed E-state index contributed by atoms with van der Waals surface area (Å²) < 4.78 is 23.5. The van der Waals surface area contributed by atoms with E-state index in [4.69, 9.17) is 14.6 Å². The molecule has 1 atom stereocenters. The number of halogens is 1. The molecule has 0 radical (unpaired) electrons. The summed E-state index contributed by atoms with van der Waals surface area (Å²) in [6, 6.07) is 7.69. The molecule has 102 valence electrons. The van der Waals surface area contributed by atoms with Gasteiger partial charge in [0.25, 0.3) is 0 Å². The van der Waals surface area contributed by atoms with Gasteiger partial charge in [-0.15, -0.1) is 0 Å². The molecule has 1 aliphatic rings. The van der Waals surface area contributed by atoms with Crippen molar-refractivity contribution >= 4 is 5.97 Å². The van der Waals surface area contributed by atoms with E-state index in [1.807, 2.05) is 0 Å². The molecular weight excluding hydrogens is 265 g/mol. The van der Waals surface area contributed by atoms with Crippen molar-refractivity contribution in [2.45, 2.75) is 12.5 Å². The van der Waals surface area contributed by atoms with Crippen molar-refractivity contribution in [3.8, 4) is 17.4 Å². The standard InChI is InChI=1S/C14H10FNO4/c15-9-2-4-13(16-7-9)19-10-3-1-8-5-12(14(17)18)20-11(8)6-10/h1-4,6-7,12H,5H2,(H,17,18). The van der Waals surface area contributed by atoms with Gasteiger partial charge in [0.1, 0.15) is 17.3 Å². The number of benzene rings is 1. The van der Waals surface area contributed by atoms with E-state index in [1.165, 1.54) is 12.1 Å². The van der Waals surface area contributed by atoms with Gasteiger partial charge in [0.15, 0.2) is 6.10 Å². The fraction of sp³-hybridized carbons (Fsp3) is 0.143. The van der Waals surface area contributed by atoms with Crippen LogP contribution in [0, 0.1) is 5.82 Å². The van der Waals surface area contributed by atoms with Gasteiger partial charge in [0.05, 0.1) is 6.20 Å². The summed E-state index contributed by atoms with van der Waals surface area (Å²) in [4.78, 5) is 14.7. The fourth-order valence-corrected chi connectivity index (χ4v) is 1.95. The number of aliphatic carboxylic acids is 1. The highest BCUT2D eigenvalue weighted by atomic mass is 19.1. The van der Waals surface area contributed by atoms with Crippen molar-refractivity contribution < 1.29 is 23.8 Å². The van der Waals surface area contributed by atoms with E-state index >= 15 is 0 Å². The number of carbonyl (C=O) groups is 1. The summed E-state index contributed by atoms with van der Waals surface area (Å²) in [5, 5.41) is 8.91. The van der Waals surface area contributed by atoms with E-state index in [0.29, 0.717) is 17.9 Å². The largest absolute Gasteiger partial charge is 0.478 e. The minimum absolute atomic E-state index is 0.249. The van der Waals surface area contributed by atoms with Gasteiger partial charge in [0, 0.05) is 18.6 Å². The molecule has 0 spiro atoms. The van der Waals surface area contributed by atoms with Gasteiger partial charge in [-0.2, -0.15) is 0 Å². The summed E-state index contributed by atoms with van der Waals surface area (Å²) in [6.07, 6.45) is 0.531. The second-order valence-corrected chi connectivity index (χ2v) is 4.34. The molecule has 0 saturated heterocycles. The molecule has 1 unspecified atom stereocenters. The first-order chi connectivity index (χ1) is 9.61. The van der Waals surface area contributed by atoms with Gasteiger partial charge in [0.2, 0.25) is 5.88 Å². The maximum Gasteiger partial charge on any atom is 0.345 e. The first kappa shape index (κ1) is 12.4. The molecule has 1 aliphatic heterocycles. The van der Waals surface area contributed by atoms with Gasteiger partial charge in [-0.3, -0.25) is 0 Å². The van der Waals surface area contributed by atoms with Crippen LogP contribution in [0.4, 0.5) is 4.39 Å². The molecule has 5 nitrogen and oxygen atoms in total. The zero-order valence-electron chi connectivity index (χ0n) is 10.2. The van der Waals surface area contributed by atoms with Gasteiger partial charge in [-0.1, -0.05) is 6.07 Å². The summed E-state index contributed by atoms with van der Waals surface area (Å²) in [6.45, 7) is 0. The second-order valence-electron chi connectivity index (χ2n) is 4.34. The average molecular weight is 275 g/mol. The smallest absolute Gasteiger partial charge is 0.345 e. The Morgan fingerprint density at radius 1 is 1.40 bits per heavy atom. The van der Waals surface area contributed by atoms with E-state index in [2.05, 4.69) is 4.98 Å². The van der Waals surface area contributed by atoms with Crippen LogP contribution in [0.1, 0.15) is 5.56 Å². The number of hydrogen-bond donors (Lipinski definition) is 1. The van der Waals surface area contributed by atoms with Crippen molar-refractivity contribution in [1.82, 2.24) is 4.98 Å². The van der Waals surface area contributed by atoms with Crippen molar-refractivity contribution in [2.75, 3.05) is 0 Å². The van der Waals surface area contributed by atoms with Crippen LogP contribution < -0.4 is 9.47 Å². The SMILES string of the molecule is O=C(O)C1Cc2ccc(Oc3ccc(F)cn3)cc2O1. The normalized spacial score (nSPS) is 16.4. The van der Waals surface area contributed by atoms with Gasteiger partial charge in [-0.25, -0.2) is 14.2 Å². The van der Waals surface area contributed by atoms with Crippen molar-refractivity contribution in [2.24, 2.45) is 0 Å². The Morgan fingerprint density at radius 2 is 2.25 bits per heavy atom. The number of fused-ring (bicyclic) bond motifs is 1. The Balaban J connectivity index is 1.79. The lowest BCUT2D eigenvalue weighted by Gasteiger charge is -2.07. The number of ether oxygens (including phenoxy) is 2. The van der Waals surface area contributed by atoms with Crippen LogP contribution in [-0.2, 0) is 11.2 Å². The number of hydrogen-bond acceptors (Lipinski definition) is 4. The Kier molecular flexibility index (Phi) is 2.98. The van der Waals surface area contributed by atoms with Gasteiger partial charge >= 0.3 is 5.97 Å². The lowest BCUT2D eigenvalue weighted by molar-refractivity contribution is -0.144. The van der Waals surface area contributed by atoms with Gasteiger partial charge in [-0.05, 0) is 17.7 Å². The molecule has 1 aromatic heterocycles. The predicted molar refractivity (Wildman–Crippen MR) is 66.5 cm³/mol. The van der Waals surface area contributed by atoms with Crippen LogP contribution in [0.2, 0.25) is 0 Å². The van der Waals surface area contributed by atoms with Crippen LogP contribution in [0.15, 0.2) is 36.5 Å². The monoisotopic (exact) mass is 275 g/mol. The molecular formula is C14H10FNO4. The van der Waals surface area contributed by atoms with Gasteiger partial charge < -0.3 is 14.6 Å². The Morgan fingerprint density at radius 3 is 2.95 bits per heavy atom. The van der Waals surface area contributed by atoms with Crippen molar-refractivity contribution in [3.63, 3.8) is 0 Å². The summed E-state index contributed by atoms with van der Waals surface area (Å²) in [7, 11) is 0. The van der Waals surface area contributed by atoms with Crippen LogP contribution in [0.25, 0.3) is 0 Å². The van der Waals surface area contributed by atoms with Crippen LogP contribution >= 0.6 is 0 Å². The molecule has 3 rings (SSSR count). The summed E-state index contributed by atoms with van der Waals surface area (Å²) in [5.74, 6) is -0.257. The topological polar surface area (TPSA) is 68.7 Å². The third kappa shape index (κ3) is 2.40. The number of carboxylic acids is 1. The Labute approximate surface area is 113 Å². The Bertz CT molecular complexity index is 657. The van der Waals surface area contributed by atoms with E-state index in [1.54, 1.807) is 18.2 Å². The zero-order valence-corrected chi connectivity index (χ0v) is 10.2. The lowest BCUT2D eigenvalue weighted by atomic mass is 10.1. The molecule has 0 bridgehead atoms. The minimum atomic E-state index is -0.996. The van der Waals surface area contributed by atoms with Crippen LogP contribution in [0.3, 0.4) is 0 Å². The highest BCUT2D eigenvalue weighted by Gasteiger charge is 2.29. The highest BCUT2D eigenvalue weighted by Crippen LogP contribution is 2.33. The molecule has 20 heavy (non-hydrogen) atoms. The second kappa shape index (κ2) is 4.80. The Hall–Kier alpha value is -2.63. The molecule has 6 heteroatoms. The quantitative estimate of drug-likeness (QED) is 0.931. The van der Waals surface area contributed by atoms with E-state index in [-0.39, 0.29) is 5.88 Å². The average Bonchev–Trinajstić information content (AvgIpc) is 2.85. The van der Waals surface area contributed by atoms with E-state index in [0.717, 1.165) is 11.8 Å². The number of aromatic nitrogens is 1. The van der Waals surface area contributed by atoms with Crippen molar-refractivity contribution in [3.05, 3.63) is 47.9 Å². The fourth-order valence-electron chi connectivity index (χ4n) is 1.95. The maximum atomic E-state index is 12.7.